The van der Waals surface area contributed by atoms with E-state index < -0.39 is 5.41 Å². The third kappa shape index (κ3) is 6.85. The van der Waals surface area contributed by atoms with Crippen molar-refractivity contribution in [3.05, 3.63) is 82.9 Å². The highest BCUT2D eigenvalue weighted by Crippen LogP contribution is 2.52. The summed E-state index contributed by atoms with van der Waals surface area (Å²) in [6, 6.07) is 20.2. The van der Waals surface area contributed by atoms with E-state index in [-0.39, 0.29) is 33.2 Å². The Balaban J connectivity index is 1.67. The van der Waals surface area contributed by atoms with Crippen molar-refractivity contribution >= 4 is 22.1 Å². The fourth-order valence-electron chi connectivity index (χ4n) is 8.59. The maximum atomic E-state index is 12.5. The average Bonchev–Trinajstić information content (AvgIpc) is 3.68. The Morgan fingerprint density at radius 3 is 1.22 bits per heavy atom. The van der Waals surface area contributed by atoms with Crippen LogP contribution in [0.5, 0.6) is 11.5 Å². The van der Waals surface area contributed by atoms with Crippen LogP contribution in [-0.4, -0.2) is 41.0 Å². The Hall–Kier alpha value is -4.72. The van der Waals surface area contributed by atoms with Gasteiger partial charge in [-0.25, -0.2) is 0 Å². The number of H-pyrrole nitrogens is 2. The van der Waals surface area contributed by atoms with Crippen molar-refractivity contribution in [3.63, 3.8) is 0 Å². The number of fused-ring (bicyclic) bond motifs is 2. The van der Waals surface area contributed by atoms with E-state index in [1.165, 1.54) is 0 Å². The van der Waals surface area contributed by atoms with Gasteiger partial charge in [-0.3, -0.25) is 0 Å². The first-order valence-electron chi connectivity index (χ1n) is 17.9. The highest BCUT2D eigenvalue weighted by atomic mass is 16.3. The summed E-state index contributed by atoms with van der Waals surface area (Å²) in [5.41, 5.74) is 8.26. The summed E-state index contributed by atoms with van der Waals surface area (Å²) in [6.45, 7) is 26.8. The molecule has 0 atom stereocenters. The molecule has 0 aliphatic rings. The number of nitrogens with one attached hydrogen (secondary N) is 2. The number of phenolic OH excluding ortho intramolecular Hbond substituents is 2. The standard InChI is InChI=1S/C43H54N6O2/c1-39(2,3)23-41(7,8)25-19-29(27-15-13-17-33-35(27)46-48-44-33)37(50)31(21-25)43(11,12)32-22-26(42(9,10)24-40(4,5)6)20-30(38(32)51)28-16-14-18-34-36(28)47-49-45-34/h13-22,50-51H,23-24H2,1-12H3,(H,44,46,48)(H,45,47,49). The molecule has 0 aliphatic heterocycles. The molecular formula is C43H54N6O2. The topological polar surface area (TPSA) is 124 Å². The minimum atomic E-state index is -0.852. The van der Waals surface area contributed by atoms with E-state index >= 15 is 0 Å². The van der Waals surface area contributed by atoms with Gasteiger partial charge in [0, 0.05) is 38.8 Å². The Morgan fingerprint density at radius 2 is 0.863 bits per heavy atom. The van der Waals surface area contributed by atoms with E-state index in [2.05, 4.69) is 138 Å². The van der Waals surface area contributed by atoms with Gasteiger partial charge in [0.25, 0.3) is 0 Å². The van der Waals surface area contributed by atoms with E-state index in [9.17, 15) is 10.2 Å². The fraction of sp³-hybridized carbons (Fsp3) is 0.442. The molecule has 51 heavy (non-hydrogen) atoms. The average molecular weight is 687 g/mol. The largest absolute Gasteiger partial charge is 0.507 e. The molecular weight excluding hydrogens is 633 g/mol. The van der Waals surface area contributed by atoms with Gasteiger partial charge in [-0.05, 0) is 69.9 Å². The molecule has 0 saturated heterocycles. The van der Waals surface area contributed by atoms with Gasteiger partial charge in [-0.1, -0.05) is 119 Å². The molecule has 8 heteroatoms. The van der Waals surface area contributed by atoms with Gasteiger partial charge >= 0.3 is 0 Å². The molecule has 4 N–H and O–H groups in total. The van der Waals surface area contributed by atoms with Crippen LogP contribution in [0.15, 0.2) is 60.7 Å². The summed E-state index contributed by atoms with van der Waals surface area (Å²) in [6.07, 6.45) is 1.84. The summed E-state index contributed by atoms with van der Waals surface area (Å²) in [5.74, 6) is 0.314. The van der Waals surface area contributed by atoms with Gasteiger partial charge in [-0.15, -0.1) is 0 Å². The molecule has 0 unspecified atom stereocenters. The van der Waals surface area contributed by atoms with Gasteiger partial charge in [0.05, 0.1) is 0 Å². The second kappa shape index (κ2) is 12.2. The summed E-state index contributed by atoms with van der Waals surface area (Å²) in [4.78, 5) is 0. The number of aromatic hydroxyl groups is 2. The number of aromatic nitrogens is 6. The zero-order chi connectivity index (χ0) is 37.3. The molecule has 268 valence electrons. The van der Waals surface area contributed by atoms with Crippen LogP contribution in [0.1, 0.15) is 118 Å². The molecule has 0 bridgehead atoms. The molecule has 0 saturated carbocycles. The zero-order valence-electron chi connectivity index (χ0n) is 32.4. The number of para-hydroxylation sites is 2. The van der Waals surface area contributed by atoms with E-state index in [1.54, 1.807) is 0 Å². The van der Waals surface area contributed by atoms with Crippen LogP contribution < -0.4 is 0 Å². The Morgan fingerprint density at radius 1 is 0.490 bits per heavy atom. The SMILES string of the molecule is CC(C)(C)CC(C)(C)c1cc(-c2cccc3n[nH]nc23)c(O)c(C(C)(C)c2cc(C(C)(C)CC(C)(C)C)cc(-c3cccc4n[nH]nc34)c2O)c1. The van der Waals surface area contributed by atoms with Crippen LogP contribution in [0.3, 0.4) is 0 Å². The van der Waals surface area contributed by atoms with Gasteiger partial charge < -0.3 is 10.2 Å². The van der Waals surface area contributed by atoms with E-state index in [1.807, 2.05) is 36.4 Å². The summed E-state index contributed by atoms with van der Waals surface area (Å²) < 4.78 is 0. The Labute approximate surface area is 302 Å². The molecule has 4 aromatic carbocycles. The molecule has 0 spiro atoms. The van der Waals surface area contributed by atoms with Crippen molar-refractivity contribution in [1.82, 2.24) is 30.8 Å². The van der Waals surface area contributed by atoms with Crippen LogP contribution in [0, 0.1) is 10.8 Å². The third-order valence-electron chi connectivity index (χ3n) is 10.3. The number of rotatable bonds is 8. The number of aromatic amines is 2. The van der Waals surface area contributed by atoms with Gasteiger partial charge in [0.15, 0.2) is 0 Å². The lowest BCUT2D eigenvalue weighted by Gasteiger charge is -2.37. The van der Waals surface area contributed by atoms with Gasteiger partial charge in [-0.2, -0.15) is 30.8 Å². The molecule has 6 aromatic rings. The van der Waals surface area contributed by atoms with Crippen molar-refractivity contribution < 1.29 is 10.2 Å². The Kier molecular flexibility index (Phi) is 8.64. The minimum Gasteiger partial charge on any atom is -0.507 e. The quantitative estimate of drug-likeness (QED) is 0.126. The maximum Gasteiger partial charge on any atom is 0.127 e. The zero-order valence-corrected chi connectivity index (χ0v) is 32.4. The molecule has 6 rings (SSSR count). The number of phenols is 2. The van der Waals surface area contributed by atoms with Crippen LogP contribution in [0.2, 0.25) is 0 Å². The predicted molar refractivity (Wildman–Crippen MR) is 208 cm³/mol. The molecule has 2 heterocycles. The van der Waals surface area contributed by atoms with Crippen LogP contribution in [0.4, 0.5) is 0 Å². The predicted octanol–water partition coefficient (Wildman–Crippen LogP) is 10.7. The smallest absolute Gasteiger partial charge is 0.127 e. The second-order valence-electron chi connectivity index (χ2n) is 18.7. The number of nitrogens with zero attached hydrogens (tertiary/aromatic N) is 4. The van der Waals surface area contributed by atoms with Crippen molar-refractivity contribution in [1.29, 1.82) is 0 Å². The summed E-state index contributed by atoms with van der Waals surface area (Å²) in [7, 11) is 0. The maximum absolute atomic E-state index is 12.5. The van der Waals surface area contributed by atoms with E-state index in [0.717, 1.165) is 57.3 Å². The molecule has 0 radical (unpaired) electrons. The van der Waals surface area contributed by atoms with Crippen LogP contribution in [0.25, 0.3) is 44.3 Å². The minimum absolute atomic E-state index is 0.0611. The molecule has 8 nitrogen and oxygen atoms in total. The normalized spacial score (nSPS) is 13.4. The molecule has 0 fully saturated rings. The van der Waals surface area contributed by atoms with Gasteiger partial charge in [0.1, 0.15) is 33.6 Å². The first kappa shape index (κ1) is 36.1. The van der Waals surface area contributed by atoms with Crippen molar-refractivity contribution in [2.75, 3.05) is 0 Å². The number of benzene rings is 4. The van der Waals surface area contributed by atoms with Crippen LogP contribution >= 0.6 is 0 Å². The number of hydrogen-bond acceptors (Lipinski definition) is 6. The third-order valence-corrected chi connectivity index (χ3v) is 10.3. The van der Waals surface area contributed by atoms with Crippen LogP contribution in [-0.2, 0) is 16.2 Å². The lowest BCUT2D eigenvalue weighted by Crippen LogP contribution is -2.28. The monoisotopic (exact) mass is 686 g/mol. The van der Waals surface area contributed by atoms with Crippen molar-refractivity contribution in [2.24, 2.45) is 10.8 Å². The van der Waals surface area contributed by atoms with E-state index in [0.29, 0.717) is 22.2 Å². The summed E-state index contributed by atoms with van der Waals surface area (Å²) in [5, 5.41) is 48.1. The lowest BCUT2D eigenvalue weighted by molar-refractivity contribution is 0.283. The van der Waals surface area contributed by atoms with E-state index in [4.69, 9.17) is 0 Å². The highest BCUT2D eigenvalue weighted by Gasteiger charge is 2.37. The first-order chi connectivity index (χ1) is 23.6. The fourth-order valence-corrected chi connectivity index (χ4v) is 8.59. The lowest BCUT2D eigenvalue weighted by atomic mass is 9.67. The Bertz CT molecular complexity index is 2080. The van der Waals surface area contributed by atoms with Gasteiger partial charge in [0.2, 0.25) is 0 Å². The molecule has 0 aliphatic carbocycles. The molecule has 0 amide bonds. The second-order valence-corrected chi connectivity index (χ2v) is 18.7. The van der Waals surface area contributed by atoms with Crippen molar-refractivity contribution in [2.45, 2.75) is 112 Å². The molecule has 2 aromatic heterocycles. The first-order valence-corrected chi connectivity index (χ1v) is 17.9. The number of hydrogen-bond donors (Lipinski definition) is 4. The highest BCUT2D eigenvalue weighted by molar-refractivity contribution is 5.95. The van der Waals surface area contributed by atoms with Crippen molar-refractivity contribution in [3.8, 4) is 33.8 Å². The summed E-state index contributed by atoms with van der Waals surface area (Å²) >= 11 is 0.